The predicted octanol–water partition coefficient (Wildman–Crippen LogP) is 3.03. The van der Waals surface area contributed by atoms with Gasteiger partial charge in [-0.25, -0.2) is 0 Å². The highest BCUT2D eigenvalue weighted by Crippen LogP contribution is 2.35. The maximum absolute atomic E-state index is 5.57. The van der Waals surface area contributed by atoms with Gasteiger partial charge in [0.15, 0.2) is 0 Å². The standard InChI is InChI=1S/C15H23NO/c1-10-5-12(3)15(14(7-10)17-4)13-6-11(2)8-16-9-13/h5,7,11,13,16H,6,8-9H2,1-4H3. The summed E-state index contributed by atoms with van der Waals surface area (Å²) in [5.74, 6) is 2.40. The largest absolute Gasteiger partial charge is 0.496 e. The summed E-state index contributed by atoms with van der Waals surface area (Å²) in [6.07, 6.45) is 1.26. The van der Waals surface area contributed by atoms with Crippen molar-refractivity contribution in [1.82, 2.24) is 5.32 Å². The topological polar surface area (TPSA) is 21.3 Å². The van der Waals surface area contributed by atoms with Crippen LogP contribution < -0.4 is 10.1 Å². The van der Waals surface area contributed by atoms with Gasteiger partial charge in [0.1, 0.15) is 5.75 Å². The lowest BCUT2D eigenvalue weighted by Gasteiger charge is -2.30. The second-order valence-corrected chi connectivity index (χ2v) is 5.39. The van der Waals surface area contributed by atoms with Gasteiger partial charge in [-0.3, -0.25) is 0 Å². The van der Waals surface area contributed by atoms with E-state index in [9.17, 15) is 0 Å². The van der Waals surface area contributed by atoms with Gasteiger partial charge in [0.25, 0.3) is 0 Å². The molecule has 1 aliphatic rings. The SMILES string of the molecule is COc1cc(C)cc(C)c1C1CNCC(C)C1. The van der Waals surface area contributed by atoms with Crippen LogP contribution in [0.15, 0.2) is 12.1 Å². The molecule has 0 amide bonds. The molecule has 2 heteroatoms. The summed E-state index contributed by atoms with van der Waals surface area (Å²) < 4.78 is 5.57. The van der Waals surface area contributed by atoms with Crippen LogP contribution in [0.5, 0.6) is 5.75 Å². The molecular weight excluding hydrogens is 210 g/mol. The van der Waals surface area contributed by atoms with E-state index in [2.05, 4.69) is 38.2 Å². The lowest BCUT2D eigenvalue weighted by atomic mass is 9.83. The number of hydrogen-bond acceptors (Lipinski definition) is 2. The van der Waals surface area contributed by atoms with Gasteiger partial charge in [-0.15, -0.1) is 0 Å². The molecule has 1 aromatic rings. The molecule has 0 radical (unpaired) electrons. The van der Waals surface area contributed by atoms with Crippen molar-refractivity contribution in [3.63, 3.8) is 0 Å². The average molecular weight is 233 g/mol. The number of methoxy groups -OCH3 is 1. The molecule has 1 fully saturated rings. The van der Waals surface area contributed by atoms with Gasteiger partial charge in [0, 0.05) is 18.0 Å². The van der Waals surface area contributed by atoms with Crippen LogP contribution in [0.2, 0.25) is 0 Å². The average Bonchev–Trinajstić information content (AvgIpc) is 2.27. The quantitative estimate of drug-likeness (QED) is 0.848. The minimum atomic E-state index is 0.592. The van der Waals surface area contributed by atoms with E-state index in [0.717, 1.165) is 24.8 Å². The van der Waals surface area contributed by atoms with Crippen LogP contribution >= 0.6 is 0 Å². The lowest BCUT2D eigenvalue weighted by Crippen LogP contribution is -2.34. The Morgan fingerprint density at radius 3 is 2.65 bits per heavy atom. The number of benzene rings is 1. The van der Waals surface area contributed by atoms with Crippen LogP contribution in [-0.4, -0.2) is 20.2 Å². The monoisotopic (exact) mass is 233 g/mol. The van der Waals surface area contributed by atoms with Crippen LogP contribution in [0.25, 0.3) is 0 Å². The highest BCUT2D eigenvalue weighted by molar-refractivity contribution is 5.45. The number of aryl methyl sites for hydroxylation is 2. The Morgan fingerprint density at radius 2 is 2.00 bits per heavy atom. The van der Waals surface area contributed by atoms with Crippen molar-refractivity contribution in [1.29, 1.82) is 0 Å². The lowest BCUT2D eigenvalue weighted by molar-refractivity contribution is 0.347. The Hall–Kier alpha value is -1.02. The van der Waals surface area contributed by atoms with Crippen molar-refractivity contribution < 1.29 is 4.74 Å². The Kier molecular flexibility index (Phi) is 3.72. The summed E-state index contributed by atoms with van der Waals surface area (Å²) in [7, 11) is 1.78. The van der Waals surface area contributed by atoms with Crippen molar-refractivity contribution in [2.75, 3.05) is 20.2 Å². The van der Waals surface area contributed by atoms with Gasteiger partial charge >= 0.3 is 0 Å². The first-order chi connectivity index (χ1) is 8.11. The van der Waals surface area contributed by atoms with Crippen LogP contribution in [0, 0.1) is 19.8 Å². The predicted molar refractivity (Wildman–Crippen MR) is 71.9 cm³/mol. The van der Waals surface area contributed by atoms with Crippen molar-refractivity contribution in [3.05, 3.63) is 28.8 Å². The fraction of sp³-hybridized carbons (Fsp3) is 0.600. The molecule has 0 bridgehead atoms. The van der Waals surface area contributed by atoms with Gasteiger partial charge < -0.3 is 10.1 Å². The molecule has 1 aliphatic heterocycles. The van der Waals surface area contributed by atoms with E-state index in [1.54, 1.807) is 7.11 Å². The highest BCUT2D eigenvalue weighted by Gasteiger charge is 2.24. The fourth-order valence-corrected chi connectivity index (χ4v) is 3.01. The highest BCUT2D eigenvalue weighted by atomic mass is 16.5. The summed E-state index contributed by atoms with van der Waals surface area (Å²) in [6, 6.07) is 4.42. The smallest absolute Gasteiger partial charge is 0.122 e. The van der Waals surface area contributed by atoms with E-state index in [1.807, 2.05) is 0 Å². The van der Waals surface area contributed by atoms with E-state index in [4.69, 9.17) is 4.74 Å². The first-order valence-electron chi connectivity index (χ1n) is 6.47. The number of nitrogens with one attached hydrogen (secondary N) is 1. The van der Waals surface area contributed by atoms with Crippen LogP contribution in [-0.2, 0) is 0 Å². The Morgan fingerprint density at radius 1 is 1.24 bits per heavy atom. The molecule has 2 unspecified atom stereocenters. The van der Waals surface area contributed by atoms with Crippen molar-refractivity contribution >= 4 is 0 Å². The maximum atomic E-state index is 5.57. The fourth-order valence-electron chi connectivity index (χ4n) is 3.01. The molecule has 2 rings (SSSR count). The summed E-state index contributed by atoms with van der Waals surface area (Å²) >= 11 is 0. The molecular formula is C15H23NO. The zero-order valence-electron chi connectivity index (χ0n) is 11.3. The first kappa shape index (κ1) is 12.4. The Bertz CT molecular complexity index is 400. The minimum Gasteiger partial charge on any atom is -0.496 e. The molecule has 2 nitrogen and oxygen atoms in total. The zero-order valence-corrected chi connectivity index (χ0v) is 11.3. The van der Waals surface area contributed by atoms with Gasteiger partial charge in [-0.05, 0) is 49.9 Å². The Labute approximate surface area is 104 Å². The third kappa shape index (κ3) is 2.63. The molecule has 1 aromatic carbocycles. The molecule has 0 saturated carbocycles. The molecule has 17 heavy (non-hydrogen) atoms. The summed E-state index contributed by atoms with van der Waals surface area (Å²) in [4.78, 5) is 0. The summed E-state index contributed by atoms with van der Waals surface area (Å²) in [5.41, 5.74) is 4.04. The van der Waals surface area contributed by atoms with Crippen molar-refractivity contribution in [3.8, 4) is 5.75 Å². The molecule has 0 aliphatic carbocycles. The molecule has 1 N–H and O–H groups in total. The maximum Gasteiger partial charge on any atom is 0.122 e. The Balaban J connectivity index is 2.36. The van der Waals surface area contributed by atoms with Gasteiger partial charge in [-0.2, -0.15) is 0 Å². The molecule has 0 spiro atoms. The molecule has 1 saturated heterocycles. The van der Waals surface area contributed by atoms with Crippen LogP contribution in [0.3, 0.4) is 0 Å². The van der Waals surface area contributed by atoms with Gasteiger partial charge in [-0.1, -0.05) is 13.0 Å². The second kappa shape index (κ2) is 5.09. The molecule has 2 atom stereocenters. The normalized spacial score (nSPS) is 24.7. The first-order valence-corrected chi connectivity index (χ1v) is 6.47. The number of hydrogen-bond donors (Lipinski definition) is 1. The number of piperidine rings is 1. The minimum absolute atomic E-state index is 0.592. The van der Waals surface area contributed by atoms with Crippen molar-refractivity contribution in [2.24, 2.45) is 5.92 Å². The second-order valence-electron chi connectivity index (χ2n) is 5.39. The molecule has 94 valence electrons. The van der Waals surface area contributed by atoms with E-state index < -0.39 is 0 Å². The van der Waals surface area contributed by atoms with Crippen molar-refractivity contribution in [2.45, 2.75) is 33.1 Å². The van der Waals surface area contributed by atoms with E-state index in [1.165, 1.54) is 23.1 Å². The molecule has 0 aromatic heterocycles. The van der Waals surface area contributed by atoms with Crippen LogP contribution in [0.4, 0.5) is 0 Å². The van der Waals surface area contributed by atoms with E-state index >= 15 is 0 Å². The van der Waals surface area contributed by atoms with Gasteiger partial charge in [0.2, 0.25) is 0 Å². The van der Waals surface area contributed by atoms with E-state index in [-0.39, 0.29) is 0 Å². The molecule has 1 heterocycles. The number of rotatable bonds is 2. The number of ether oxygens (including phenoxy) is 1. The van der Waals surface area contributed by atoms with Crippen LogP contribution in [0.1, 0.15) is 36.0 Å². The summed E-state index contributed by atoms with van der Waals surface area (Å²) in [6.45, 7) is 8.86. The zero-order chi connectivity index (χ0) is 12.4. The van der Waals surface area contributed by atoms with Gasteiger partial charge in [0.05, 0.1) is 7.11 Å². The third-order valence-corrected chi connectivity index (χ3v) is 3.69. The summed E-state index contributed by atoms with van der Waals surface area (Å²) in [5, 5.41) is 3.52. The third-order valence-electron chi connectivity index (χ3n) is 3.69. The van der Waals surface area contributed by atoms with E-state index in [0.29, 0.717) is 5.92 Å².